The van der Waals surface area contributed by atoms with E-state index in [1.54, 1.807) is 0 Å². The summed E-state index contributed by atoms with van der Waals surface area (Å²) in [5, 5.41) is 4.56. The summed E-state index contributed by atoms with van der Waals surface area (Å²) in [6, 6.07) is 0.648. The molecule has 0 heterocycles. The van der Waals surface area contributed by atoms with E-state index in [2.05, 4.69) is 17.1 Å². The van der Waals surface area contributed by atoms with Gasteiger partial charge in [0.25, 0.3) is 0 Å². The molecule has 2 aliphatic rings. The molecule has 0 aromatic rings. The highest BCUT2D eigenvalue weighted by Crippen LogP contribution is 2.29. The Labute approximate surface area is 105 Å². The molecule has 0 aliphatic heterocycles. The highest BCUT2D eigenvalue weighted by molar-refractivity contribution is 7.80. The van der Waals surface area contributed by atoms with Crippen molar-refractivity contribution in [1.29, 1.82) is 0 Å². The Morgan fingerprint density at radius 3 is 2.44 bits per heavy atom. The lowest BCUT2D eigenvalue weighted by atomic mass is 9.96. The minimum absolute atomic E-state index is 0.648. The predicted molar refractivity (Wildman–Crippen MR) is 72.6 cm³/mol. The smallest absolute Gasteiger partial charge is 0.169 e. The van der Waals surface area contributed by atoms with Gasteiger partial charge in [0.05, 0.1) is 0 Å². The molecule has 92 valence electrons. The monoisotopic (exact) mass is 240 g/mol. The molecule has 3 heteroatoms. The molecule has 0 saturated heterocycles. The topological polar surface area (TPSA) is 15.3 Å². The van der Waals surface area contributed by atoms with Gasteiger partial charge in [-0.25, -0.2) is 0 Å². The minimum atomic E-state index is 0.648. The Kier molecular flexibility index (Phi) is 4.45. The van der Waals surface area contributed by atoms with Crippen LogP contribution < -0.4 is 5.32 Å². The van der Waals surface area contributed by atoms with Crippen LogP contribution in [0, 0.1) is 5.92 Å². The van der Waals surface area contributed by atoms with Gasteiger partial charge in [0.2, 0.25) is 0 Å². The van der Waals surface area contributed by atoms with Crippen LogP contribution in [0.15, 0.2) is 0 Å². The van der Waals surface area contributed by atoms with Crippen LogP contribution in [-0.2, 0) is 0 Å². The quantitative estimate of drug-likeness (QED) is 0.761. The number of nitrogens with zero attached hydrogens (tertiary/aromatic N) is 1. The molecule has 2 fully saturated rings. The van der Waals surface area contributed by atoms with Crippen LogP contribution in [0.5, 0.6) is 0 Å². The molecule has 0 unspecified atom stereocenters. The van der Waals surface area contributed by atoms with E-state index >= 15 is 0 Å². The van der Waals surface area contributed by atoms with Crippen molar-refractivity contribution in [1.82, 2.24) is 10.2 Å². The molecule has 2 aliphatic carbocycles. The summed E-state index contributed by atoms with van der Waals surface area (Å²) in [7, 11) is 0. The number of nitrogens with one attached hydrogen (secondary N) is 1. The largest absolute Gasteiger partial charge is 0.360 e. The maximum Gasteiger partial charge on any atom is 0.169 e. The second-order valence-electron chi connectivity index (χ2n) is 5.27. The lowest BCUT2D eigenvalue weighted by molar-refractivity contribution is 0.371. The van der Waals surface area contributed by atoms with Crippen LogP contribution in [0.4, 0.5) is 0 Å². The van der Waals surface area contributed by atoms with E-state index in [-0.39, 0.29) is 0 Å². The second-order valence-corrected chi connectivity index (χ2v) is 5.65. The van der Waals surface area contributed by atoms with Gasteiger partial charge in [-0.2, -0.15) is 0 Å². The summed E-state index contributed by atoms with van der Waals surface area (Å²) in [4.78, 5) is 2.35. The summed E-state index contributed by atoms with van der Waals surface area (Å²) in [5.74, 6) is 0.922. The number of thiocarbonyl (C=S) groups is 1. The Hall–Kier alpha value is -0.310. The van der Waals surface area contributed by atoms with Crippen LogP contribution in [-0.4, -0.2) is 29.1 Å². The third-order valence-corrected chi connectivity index (χ3v) is 4.15. The first-order valence-electron chi connectivity index (χ1n) is 6.85. The van der Waals surface area contributed by atoms with Gasteiger partial charge in [-0.3, -0.25) is 0 Å². The van der Waals surface area contributed by atoms with Gasteiger partial charge in [0.15, 0.2) is 5.11 Å². The molecule has 2 saturated carbocycles. The highest BCUT2D eigenvalue weighted by Gasteiger charge is 2.25. The Balaban J connectivity index is 1.74. The summed E-state index contributed by atoms with van der Waals surface area (Å²) in [6.45, 7) is 4.43. The van der Waals surface area contributed by atoms with Crippen LogP contribution in [0.3, 0.4) is 0 Å². The Morgan fingerprint density at radius 2 is 1.88 bits per heavy atom. The molecule has 0 bridgehead atoms. The lowest BCUT2D eigenvalue weighted by Gasteiger charge is -2.30. The summed E-state index contributed by atoms with van der Waals surface area (Å²) < 4.78 is 0. The van der Waals surface area contributed by atoms with Crippen molar-refractivity contribution in [2.75, 3.05) is 13.1 Å². The molecule has 0 aromatic carbocycles. The van der Waals surface area contributed by atoms with Crippen LogP contribution in [0.25, 0.3) is 0 Å². The van der Waals surface area contributed by atoms with E-state index in [4.69, 9.17) is 12.2 Å². The molecule has 2 nitrogen and oxygen atoms in total. The van der Waals surface area contributed by atoms with E-state index in [0.717, 1.165) is 17.6 Å². The van der Waals surface area contributed by atoms with Crippen LogP contribution in [0.1, 0.15) is 51.9 Å². The summed E-state index contributed by atoms with van der Waals surface area (Å²) in [5.41, 5.74) is 0. The zero-order valence-electron chi connectivity index (χ0n) is 10.4. The van der Waals surface area contributed by atoms with Crippen molar-refractivity contribution < 1.29 is 0 Å². The first kappa shape index (κ1) is 12.2. The van der Waals surface area contributed by atoms with Crippen LogP contribution in [0.2, 0.25) is 0 Å². The summed E-state index contributed by atoms with van der Waals surface area (Å²) >= 11 is 5.52. The summed E-state index contributed by atoms with van der Waals surface area (Å²) in [6.07, 6.45) is 9.57. The number of rotatable bonds is 4. The zero-order valence-corrected chi connectivity index (χ0v) is 11.2. The normalized spacial score (nSPS) is 21.8. The first-order chi connectivity index (χ1) is 7.79. The van der Waals surface area contributed by atoms with Crippen molar-refractivity contribution in [3.05, 3.63) is 0 Å². The third-order valence-electron chi connectivity index (χ3n) is 3.78. The molecule has 2 rings (SSSR count). The van der Waals surface area contributed by atoms with Crippen molar-refractivity contribution in [3.8, 4) is 0 Å². The number of hydrogen-bond acceptors (Lipinski definition) is 1. The van der Waals surface area contributed by atoms with Crippen molar-refractivity contribution >= 4 is 17.3 Å². The second kappa shape index (κ2) is 5.85. The third kappa shape index (κ3) is 3.62. The molecule has 0 radical (unpaired) electrons. The van der Waals surface area contributed by atoms with E-state index < -0.39 is 0 Å². The maximum atomic E-state index is 5.52. The van der Waals surface area contributed by atoms with Crippen molar-refractivity contribution in [2.45, 2.75) is 57.9 Å². The van der Waals surface area contributed by atoms with Crippen molar-refractivity contribution in [2.24, 2.45) is 5.92 Å². The Bertz CT molecular complexity index is 232. The highest BCUT2D eigenvalue weighted by atomic mass is 32.1. The molecule has 1 N–H and O–H groups in total. The fourth-order valence-electron chi connectivity index (χ4n) is 2.48. The fourth-order valence-corrected chi connectivity index (χ4v) is 2.85. The zero-order chi connectivity index (χ0) is 11.4. The SMILES string of the molecule is CCN(CC1CC1)C(=S)NC1CCCCC1. The van der Waals surface area contributed by atoms with Gasteiger partial charge < -0.3 is 10.2 Å². The molecule has 0 amide bonds. The molecular formula is C13H24N2S. The standard InChI is InChI=1S/C13H24N2S/c1-2-15(10-11-8-9-11)13(16)14-12-6-4-3-5-7-12/h11-12H,2-10H2,1H3,(H,14,16). The van der Waals surface area contributed by atoms with Gasteiger partial charge in [0.1, 0.15) is 0 Å². The molecule has 0 aromatic heterocycles. The molecular weight excluding hydrogens is 216 g/mol. The van der Waals surface area contributed by atoms with Crippen LogP contribution >= 0.6 is 12.2 Å². The average Bonchev–Trinajstić information content (AvgIpc) is 3.11. The molecule has 16 heavy (non-hydrogen) atoms. The van der Waals surface area contributed by atoms with Gasteiger partial charge in [0, 0.05) is 19.1 Å². The predicted octanol–water partition coefficient (Wildman–Crippen LogP) is 2.93. The van der Waals surface area contributed by atoms with E-state index in [1.165, 1.54) is 51.5 Å². The molecule has 0 spiro atoms. The Morgan fingerprint density at radius 1 is 1.19 bits per heavy atom. The molecule has 0 atom stereocenters. The number of hydrogen-bond donors (Lipinski definition) is 1. The van der Waals surface area contributed by atoms with E-state index in [0.29, 0.717) is 6.04 Å². The van der Waals surface area contributed by atoms with Gasteiger partial charge in [-0.15, -0.1) is 0 Å². The van der Waals surface area contributed by atoms with Gasteiger partial charge in [-0.05, 0) is 50.7 Å². The lowest BCUT2D eigenvalue weighted by Crippen LogP contribution is -2.45. The minimum Gasteiger partial charge on any atom is -0.360 e. The average molecular weight is 240 g/mol. The van der Waals surface area contributed by atoms with Crippen molar-refractivity contribution in [3.63, 3.8) is 0 Å². The van der Waals surface area contributed by atoms with E-state index in [1.807, 2.05) is 0 Å². The van der Waals surface area contributed by atoms with E-state index in [9.17, 15) is 0 Å². The van der Waals surface area contributed by atoms with Gasteiger partial charge >= 0.3 is 0 Å². The maximum absolute atomic E-state index is 5.52. The van der Waals surface area contributed by atoms with Gasteiger partial charge in [-0.1, -0.05) is 19.3 Å². The fraction of sp³-hybridized carbons (Fsp3) is 0.923. The first-order valence-corrected chi connectivity index (χ1v) is 7.26.